The Kier molecular flexibility index (Phi) is 9.37. The van der Waals surface area contributed by atoms with Gasteiger partial charge in [-0.25, -0.2) is 0 Å². The predicted octanol–water partition coefficient (Wildman–Crippen LogP) is 9.99. The molecule has 4 nitrogen and oxygen atoms in total. The number of allylic oxidation sites excluding steroid dienone is 2. The fourth-order valence-electron chi connectivity index (χ4n) is 4.39. The van der Waals surface area contributed by atoms with Crippen molar-refractivity contribution in [1.29, 1.82) is 0 Å². The van der Waals surface area contributed by atoms with Crippen molar-refractivity contribution in [1.82, 2.24) is 4.98 Å². The molecule has 0 unspecified atom stereocenters. The minimum atomic E-state index is -0.417. The van der Waals surface area contributed by atoms with E-state index in [9.17, 15) is 9.90 Å². The molecule has 0 fully saturated rings. The van der Waals surface area contributed by atoms with Gasteiger partial charge >= 0.3 is 0 Å². The number of hydrogen-bond acceptors (Lipinski definition) is 4. The number of aliphatic hydroxyl groups is 1. The predicted molar refractivity (Wildman–Crippen MR) is 167 cm³/mol. The zero-order chi connectivity index (χ0) is 29.5. The molecule has 217 valence electrons. The molecule has 0 saturated heterocycles. The van der Waals surface area contributed by atoms with Crippen LogP contribution >= 0.6 is 0 Å². The molecule has 1 N–H and O–H groups in total. The first-order valence-electron chi connectivity index (χ1n) is 13.7. The van der Waals surface area contributed by atoms with Crippen LogP contribution in [0.1, 0.15) is 67.9 Å². The van der Waals surface area contributed by atoms with Gasteiger partial charge in [-0.3, -0.25) is 9.78 Å². The Bertz CT molecular complexity index is 1720. The Morgan fingerprint density at radius 3 is 2.05 bits per heavy atom. The first-order valence-corrected chi connectivity index (χ1v) is 13.7. The standard InChI is InChI=1S/C25H20NO.C11H20O2.Ir/c1-25(2,3)21-15-17(14-16-8-4-5-9-18(16)21)23-24-20(12-13-27-24)19-10-6-7-11-22(19)26-23;1-10(2,3)8(12)7-9(13)11(4,5)6;/h4-13,15H,1-3H3;7,12H,1-6H3;/q-1;;/b;8-7-;. The summed E-state index contributed by atoms with van der Waals surface area (Å²) in [5.41, 5.74) is 4.17. The van der Waals surface area contributed by atoms with Crippen molar-refractivity contribution in [3.05, 3.63) is 90.4 Å². The van der Waals surface area contributed by atoms with Gasteiger partial charge < -0.3 is 9.52 Å². The first kappa shape index (κ1) is 32.2. The van der Waals surface area contributed by atoms with E-state index in [1.165, 1.54) is 17.0 Å². The zero-order valence-corrected chi connectivity index (χ0v) is 27.9. The second-order valence-corrected chi connectivity index (χ2v) is 13.4. The largest absolute Gasteiger partial charge is 0.512 e. The Hall–Kier alpha value is -3.27. The third kappa shape index (κ3) is 7.15. The van der Waals surface area contributed by atoms with Crippen LogP contribution in [-0.4, -0.2) is 15.9 Å². The second-order valence-electron chi connectivity index (χ2n) is 13.4. The molecule has 5 rings (SSSR count). The van der Waals surface area contributed by atoms with Crippen LogP contribution in [0.4, 0.5) is 0 Å². The number of fused-ring (bicyclic) bond motifs is 4. The van der Waals surface area contributed by atoms with Crippen LogP contribution in [0.15, 0.2) is 83.2 Å². The van der Waals surface area contributed by atoms with Crippen molar-refractivity contribution in [3.63, 3.8) is 0 Å². The van der Waals surface area contributed by atoms with Gasteiger partial charge in [0.15, 0.2) is 5.78 Å². The van der Waals surface area contributed by atoms with Gasteiger partial charge in [0, 0.05) is 53.5 Å². The van der Waals surface area contributed by atoms with E-state index in [0.717, 1.165) is 38.5 Å². The number of furan rings is 1. The number of aromatic nitrogens is 1. The number of para-hydroxylation sites is 1. The summed E-state index contributed by atoms with van der Waals surface area (Å²) in [6.45, 7) is 17.8. The molecular weight excluding hydrogens is 687 g/mol. The number of rotatable bonds is 2. The summed E-state index contributed by atoms with van der Waals surface area (Å²) in [6, 6.07) is 24.5. The summed E-state index contributed by atoms with van der Waals surface area (Å²) in [5.74, 6) is 0.104. The van der Waals surface area contributed by atoms with E-state index in [1.807, 2.05) is 59.7 Å². The van der Waals surface area contributed by atoms with Gasteiger partial charge in [0.05, 0.1) is 11.8 Å². The molecule has 5 heteroatoms. The minimum absolute atomic E-state index is 0. The van der Waals surface area contributed by atoms with E-state index < -0.39 is 5.41 Å². The van der Waals surface area contributed by atoms with Crippen LogP contribution in [-0.2, 0) is 30.3 Å². The fraction of sp³-hybridized carbons (Fsp3) is 0.333. The van der Waals surface area contributed by atoms with Crippen LogP contribution in [0, 0.1) is 16.9 Å². The van der Waals surface area contributed by atoms with Crippen molar-refractivity contribution in [2.75, 3.05) is 0 Å². The smallest absolute Gasteiger partial charge is 0.164 e. The van der Waals surface area contributed by atoms with Crippen molar-refractivity contribution in [2.45, 2.75) is 67.7 Å². The fourth-order valence-corrected chi connectivity index (χ4v) is 4.39. The van der Waals surface area contributed by atoms with Crippen molar-refractivity contribution in [3.8, 4) is 11.3 Å². The third-order valence-corrected chi connectivity index (χ3v) is 6.92. The number of nitrogens with zero attached hydrogens (tertiary/aromatic N) is 1. The van der Waals surface area contributed by atoms with Gasteiger partial charge in [0.1, 0.15) is 11.3 Å². The van der Waals surface area contributed by atoms with Gasteiger partial charge in [0.25, 0.3) is 0 Å². The molecule has 0 atom stereocenters. The van der Waals surface area contributed by atoms with Crippen LogP contribution < -0.4 is 0 Å². The SMILES string of the molecule is CC(C)(C)C(=O)/C=C(\O)C(C)(C)C.CC(C)(C)c1cc(-c2nc3ccccc3c3ccoc23)[c-]c2ccccc12.[Ir]. The molecular formula is C36H40IrNO3-. The number of aliphatic hydroxyl groups excluding tert-OH is 1. The van der Waals surface area contributed by atoms with Gasteiger partial charge in [-0.15, -0.1) is 29.1 Å². The summed E-state index contributed by atoms with van der Waals surface area (Å²) in [5, 5.41) is 14.1. The number of pyridine rings is 1. The van der Waals surface area contributed by atoms with Gasteiger partial charge in [0.2, 0.25) is 0 Å². The molecule has 0 aliphatic carbocycles. The molecule has 1 radical (unpaired) electrons. The summed E-state index contributed by atoms with van der Waals surface area (Å²) < 4.78 is 5.87. The molecule has 0 spiro atoms. The van der Waals surface area contributed by atoms with Crippen molar-refractivity contribution < 1.29 is 34.4 Å². The van der Waals surface area contributed by atoms with E-state index in [1.54, 1.807) is 6.26 Å². The van der Waals surface area contributed by atoms with E-state index in [4.69, 9.17) is 9.40 Å². The molecule has 0 bridgehead atoms. The number of benzene rings is 3. The summed E-state index contributed by atoms with van der Waals surface area (Å²) in [6.07, 6.45) is 3.08. The normalized spacial score (nSPS) is 12.7. The molecule has 0 amide bonds. The quantitative estimate of drug-likeness (QED) is 0.112. The van der Waals surface area contributed by atoms with E-state index >= 15 is 0 Å². The zero-order valence-electron chi connectivity index (χ0n) is 25.5. The van der Waals surface area contributed by atoms with E-state index in [0.29, 0.717) is 0 Å². The van der Waals surface area contributed by atoms with Gasteiger partial charge in [-0.2, -0.15) is 0 Å². The van der Waals surface area contributed by atoms with Crippen molar-refractivity contribution in [2.24, 2.45) is 10.8 Å². The number of ketones is 1. The average molecular weight is 727 g/mol. The topological polar surface area (TPSA) is 63.3 Å². The summed E-state index contributed by atoms with van der Waals surface area (Å²) >= 11 is 0. The van der Waals surface area contributed by atoms with Gasteiger partial charge in [-0.1, -0.05) is 110 Å². The Morgan fingerprint density at radius 2 is 1.44 bits per heavy atom. The molecule has 2 heterocycles. The second kappa shape index (κ2) is 11.9. The van der Waals surface area contributed by atoms with E-state index in [-0.39, 0.29) is 42.5 Å². The number of carbonyl (C=O) groups is 1. The van der Waals surface area contributed by atoms with Crippen LogP contribution in [0.5, 0.6) is 0 Å². The van der Waals surface area contributed by atoms with E-state index in [2.05, 4.69) is 69.3 Å². The van der Waals surface area contributed by atoms with Crippen LogP contribution in [0.2, 0.25) is 0 Å². The maximum Gasteiger partial charge on any atom is 0.164 e. The monoisotopic (exact) mass is 727 g/mol. The molecule has 3 aromatic carbocycles. The summed E-state index contributed by atoms with van der Waals surface area (Å²) in [4.78, 5) is 16.4. The van der Waals surface area contributed by atoms with Crippen LogP contribution in [0.3, 0.4) is 0 Å². The Balaban J connectivity index is 0.000000284. The van der Waals surface area contributed by atoms with Gasteiger partial charge in [-0.05, 0) is 17.5 Å². The third-order valence-electron chi connectivity index (χ3n) is 6.92. The average Bonchev–Trinajstić information content (AvgIpc) is 3.36. The molecule has 5 aromatic rings. The molecule has 0 aliphatic rings. The number of carbonyl (C=O) groups excluding carboxylic acids is 1. The summed E-state index contributed by atoms with van der Waals surface area (Å²) in [7, 11) is 0. The molecule has 0 saturated carbocycles. The van der Waals surface area contributed by atoms with Crippen LogP contribution in [0.25, 0.3) is 43.9 Å². The molecule has 0 aliphatic heterocycles. The maximum atomic E-state index is 11.5. The number of hydrogen-bond donors (Lipinski definition) is 1. The Labute approximate surface area is 257 Å². The first-order chi connectivity index (χ1) is 18.6. The molecule has 41 heavy (non-hydrogen) atoms. The molecule has 2 aromatic heterocycles. The maximum absolute atomic E-state index is 11.5. The minimum Gasteiger partial charge on any atom is -0.512 e. The Morgan fingerprint density at radius 1 is 0.829 bits per heavy atom. The van der Waals surface area contributed by atoms with Crippen molar-refractivity contribution >= 4 is 38.4 Å².